The van der Waals surface area contributed by atoms with Gasteiger partial charge in [0, 0.05) is 19.0 Å². The molecule has 94 valence electrons. The average molecular weight is 239 g/mol. The number of carbonyl (C=O) groups excluding carboxylic acids is 3. The van der Waals surface area contributed by atoms with Gasteiger partial charge in [-0.05, 0) is 19.3 Å². The zero-order chi connectivity index (χ0) is 12.3. The van der Waals surface area contributed by atoms with Crippen LogP contribution in [-0.2, 0) is 14.4 Å². The molecule has 0 unspecified atom stereocenters. The lowest BCUT2D eigenvalue weighted by atomic mass is 10.4. The minimum absolute atomic E-state index is 0.00262. The Labute approximate surface area is 99.7 Å². The fourth-order valence-corrected chi connectivity index (χ4v) is 1.79. The van der Waals surface area contributed by atoms with Crippen molar-refractivity contribution in [1.82, 2.24) is 15.5 Å². The van der Waals surface area contributed by atoms with Crippen molar-refractivity contribution >= 4 is 17.7 Å². The summed E-state index contributed by atoms with van der Waals surface area (Å²) in [6.45, 7) is 0.702. The topological polar surface area (TPSA) is 78.5 Å². The first-order valence-corrected chi connectivity index (χ1v) is 5.99. The van der Waals surface area contributed by atoms with Gasteiger partial charge in [-0.1, -0.05) is 0 Å². The molecule has 6 heteroatoms. The van der Waals surface area contributed by atoms with Crippen LogP contribution in [0.1, 0.15) is 25.7 Å². The van der Waals surface area contributed by atoms with Crippen molar-refractivity contribution < 1.29 is 14.4 Å². The predicted molar refractivity (Wildman–Crippen MR) is 60.0 cm³/mol. The van der Waals surface area contributed by atoms with E-state index >= 15 is 0 Å². The molecule has 1 aliphatic heterocycles. The van der Waals surface area contributed by atoms with Crippen LogP contribution in [0.25, 0.3) is 0 Å². The highest BCUT2D eigenvalue weighted by Crippen LogP contribution is 2.18. The molecule has 2 aliphatic rings. The van der Waals surface area contributed by atoms with Gasteiger partial charge in [0.2, 0.25) is 17.7 Å². The normalized spacial score (nSPS) is 19.3. The molecule has 6 nitrogen and oxygen atoms in total. The van der Waals surface area contributed by atoms with Crippen LogP contribution in [-0.4, -0.2) is 48.3 Å². The second kappa shape index (κ2) is 5.16. The molecule has 17 heavy (non-hydrogen) atoms. The monoisotopic (exact) mass is 239 g/mol. The van der Waals surface area contributed by atoms with Crippen molar-refractivity contribution in [1.29, 1.82) is 0 Å². The van der Waals surface area contributed by atoms with E-state index in [1.54, 1.807) is 0 Å². The lowest BCUT2D eigenvalue weighted by Gasteiger charge is -2.14. The molecule has 0 spiro atoms. The highest BCUT2D eigenvalue weighted by molar-refractivity contribution is 5.88. The Balaban J connectivity index is 1.62. The Morgan fingerprint density at radius 3 is 2.65 bits per heavy atom. The number of nitrogens with zero attached hydrogens (tertiary/aromatic N) is 1. The minimum atomic E-state index is -0.272. The Morgan fingerprint density at radius 2 is 2.06 bits per heavy atom. The summed E-state index contributed by atoms with van der Waals surface area (Å²) in [4.78, 5) is 35.5. The Morgan fingerprint density at radius 1 is 1.29 bits per heavy atom. The molecular weight excluding hydrogens is 222 g/mol. The highest BCUT2D eigenvalue weighted by Gasteiger charge is 2.24. The van der Waals surface area contributed by atoms with Gasteiger partial charge in [-0.3, -0.25) is 14.4 Å². The Bertz CT molecular complexity index is 339. The third-order valence-electron chi connectivity index (χ3n) is 2.89. The van der Waals surface area contributed by atoms with E-state index in [2.05, 4.69) is 10.6 Å². The lowest BCUT2D eigenvalue weighted by molar-refractivity contribution is -0.133. The number of amides is 3. The lowest BCUT2D eigenvalue weighted by Crippen LogP contribution is -2.42. The van der Waals surface area contributed by atoms with E-state index in [0.29, 0.717) is 19.0 Å². The quantitative estimate of drug-likeness (QED) is 0.646. The molecule has 2 N–H and O–H groups in total. The molecule has 2 fully saturated rings. The maximum absolute atomic E-state index is 11.5. The molecule has 1 aliphatic carbocycles. The molecule has 0 atom stereocenters. The van der Waals surface area contributed by atoms with Gasteiger partial charge in [-0.25, -0.2) is 0 Å². The predicted octanol–water partition coefficient (Wildman–Crippen LogP) is -0.996. The summed E-state index contributed by atoms with van der Waals surface area (Å²) in [6.07, 6.45) is 3.40. The second-order valence-corrected chi connectivity index (χ2v) is 4.54. The number of hydrogen-bond acceptors (Lipinski definition) is 3. The van der Waals surface area contributed by atoms with Crippen molar-refractivity contribution in [2.75, 3.05) is 19.6 Å². The minimum Gasteiger partial charge on any atom is -0.352 e. The maximum atomic E-state index is 11.5. The van der Waals surface area contributed by atoms with Crippen LogP contribution in [0.15, 0.2) is 0 Å². The van der Waals surface area contributed by atoms with Crippen LogP contribution in [0.5, 0.6) is 0 Å². The van der Waals surface area contributed by atoms with Crippen molar-refractivity contribution in [2.24, 2.45) is 0 Å². The van der Waals surface area contributed by atoms with Gasteiger partial charge >= 0.3 is 0 Å². The van der Waals surface area contributed by atoms with Crippen LogP contribution in [0, 0.1) is 0 Å². The standard InChI is InChI=1S/C11H17N3O3/c15-9(13-8-3-4-8)6-12-10(16)7-14-5-1-2-11(14)17/h8H,1-7H2,(H,12,16)(H,13,15). The molecule has 0 aromatic rings. The first kappa shape index (κ1) is 11.9. The number of rotatable bonds is 5. The van der Waals surface area contributed by atoms with Gasteiger partial charge < -0.3 is 15.5 Å². The van der Waals surface area contributed by atoms with E-state index < -0.39 is 0 Å². The van der Waals surface area contributed by atoms with E-state index in [-0.39, 0.29) is 30.8 Å². The SMILES string of the molecule is O=C(CN1CCCC1=O)NCC(=O)NC1CC1. The number of likely N-dealkylation sites (tertiary alicyclic amines) is 1. The fraction of sp³-hybridized carbons (Fsp3) is 0.727. The van der Waals surface area contributed by atoms with Gasteiger partial charge in [-0.15, -0.1) is 0 Å². The summed E-state index contributed by atoms with van der Waals surface area (Å²) in [5, 5.41) is 5.30. The third kappa shape index (κ3) is 3.72. The fourth-order valence-electron chi connectivity index (χ4n) is 1.79. The van der Waals surface area contributed by atoms with E-state index in [1.165, 1.54) is 4.90 Å². The van der Waals surface area contributed by atoms with Crippen LogP contribution >= 0.6 is 0 Å². The summed E-state index contributed by atoms with van der Waals surface area (Å²) in [7, 11) is 0. The van der Waals surface area contributed by atoms with E-state index in [0.717, 1.165) is 19.3 Å². The van der Waals surface area contributed by atoms with Gasteiger partial charge in [0.25, 0.3) is 0 Å². The average Bonchev–Trinajstić information content (AvgIpc) is 3.01. The molecule has 0 aromatic heterocycles. The van der Waals surface area contributed by atoms with E-state index in [4.69, 9.17) is 0 Å². The van der Waals surface area contributed by atoms with E-state index in [9.17, 15) is 14.4 Å². The molecule has 1 saturated heterocycles. The summed E-state index contributed by atoms with van der Waals surface area (Å²) >= 11 is 0. The molecule has 0 aromatic carbocycles. The third-order valence-corrected chi connectivity index (χ3v) is 2.89. The summed E-state index contributed by atoms with van der Waals surface area (Å²) < 4.78 is 0. The van der Waals surface area contributed by atoms with Gasteiger partial charge in [0.15, 0.2) is 0 Å². The molecule has 0 bridgehead atoms. The number of hydrogen-bond donors (Lipinski definition) is 2. The number of carbonyl (C=O) groups is 3. The Kier molecular flexibility index (Phi) is 3.61. The molecule has 0 radical (unpaired) electrons. The van der Waals surface area contributed by atoms with Crippen LogP contribution in [0.2, 0.25) is 0 Å². The van der Waals surface area contributed by atoms with Crippen molar-refractivity contribution in [2.45, 2.75) is 31.7 Å². The first-order valence-electron chi connectivity index (χ1n) is 5.99. The van der Waals surface area contributed by atoms with Gasteiger partial charge in [0.1, 0.15) is 0 Å². The number of nitrogens with one attached hydrogen (secondary N) is 2. The maximum Gasteiger partial charge on any atom is 0.240 e. The van der Waals surface area contributed by atoms with Crippen molar-refractivity contribution in [3.05, 3.63) is 0 Å². The van der Waals surface area contributed by atoms with Crippen LogP contribution in [0.4, 0.5) is 0 Å². The van der Waals surface area contributed by atoms with Gasteiger partial charge in [0.05, 0.1) is 13.1 Å². The second-order valence-electron chi connectivity index (χ2n) is 4.54. The van der Waals surface area contributed by atoms with E-state index in [1.807, 2.05) is 0 Å². The van der Waals surface area contributed by atoms with Gasteiger partial charge in [-0.2, -0.15) is 0 Å². The smallest absolute Gasteiger partial charge is 0.240 e. The molecule has 1 saturated carbocycles. The zero-order valence-corrected chi connectivity index (χ0v) is 9.70. The van der Waals surface area contributed by atoms with Crippen LogP contribution in [0.3, 0.4) is 0 Å². The molecular formula is C11H17N3O3. The van der Waals surface area contributed by atoms with Crippen LogP contribution < -0.4 is 10.6 Å². The summed E-state index contributed by atoms with van der Waals surface area (Å²) in [5.74, 6) is -0.414. The summed E-state index contributed by atoms with van der Waals surface area (Å²) in [6, 6.07) is 0.305. The van der Waals surface area contributed by atoms with Crippen molar-refractivity contribution in [3.8, 4) is 0 Å². The summed E-state index contributed by atoms with van der Waals surface area (Å²) in [5.41, 5.74) is 0. The largest absolute Gasteiger partial charge is 0.352 e. The molecule has 1 heterocycles. The zero-order valence-electron chi connectivity index (χ0n) is 9.70. The highest BCUT2D eigenvalue weighted by atomic mass is 16.2. The molecule has 2 rings (SSSR count). The molecule has 3 amide bonds. The van der Waals surface area contributed by atoms with Crippen molar-refractivity contribution in [3.63, 3.8) is 0 Å². The Hall–Kier alpha value is -1.59. The first-order chi connectivity index (χ1) is 8.15.